The van der Waals surface area contributed by atoms with Gasteiger partial charge >= 0.3 is 0 Å². The molecule has 1 aliphatic carbocycles. The molecule has 4 rings (SSSR count). The lowest BCUT2D eigenvalue weighted by molar-refractivity contribution is 0.0930. The van der Waals surface area contributed by atoms with Crippen molar-refractivity contribution in [3.05, 3.63) is 56.6 Å². The minimum Gasteiger partial charge on any atom is -0.396 e. The van der Waals surface area contributed by atoms with E-state index < -0.39 is 0 Å². The van der Waals surface area contributed by atoms with Gasteiger partial charge in [-0.25, -0.2) is 9.97 Å². The maximum atomic E-state index is 13.0. The van der Waals surface area contributed by atoms with Gasteiger partial charge in [0.2, 0.25) is 0 Å². The van der Waals surface area contributed by atoms with E-state index in [0.29, 0.717) is 17.3 Å². The molecule has 2 atom stereocenters. The van der Waals surface area contributed by atoms with Crippen LogP contribution in [-0.4, -0.2) is 27.6 Å². The van der Waals surface area contributed by atoms with E-state index in [1.807, 2.05) is 24.3 Å². The van der Waals surface area contributed by atoms with Crippen LogP contribution < -0.4 is 5.32 Å². The molecule has 0 saturated heterocycles. The molecule has 0 unspecified atom stereocenters. The summed E-state index contributed by atoms with van der Waals surface area (Å²) in [6.45, 7) is 6.89. The molecule has 1 amide bonds. The third kappa shape index (κ3) is 4.99. The number of halogens is 1. The molecule has 0 bridgehead atoms. The number of carbonyl (C=O) groups is 1. The van der Waals surface area contributed by atoms with E-state index in [4.69, 9.17) is 4.98 Å². The molecular weight excluding hydrogens is 474 g/mol. The summed E-state index contributed by atoms with van der Waals surface area (Å²) in [5, 5.41) is 12.9. The standard InChI is InChI=1S/C24H28BrN3O2S/c1-24(2,3)16-6-9-18-15(12-16)13-20-22(27-18)31-23(28-20)21(30)26-19(10-11-29)14-4-7-17(25)8-5-14/h4-5,7-8,13,16,19,29H,6,9-12H2,1-3H3,(H,26,30)/t16-,19+/m0/s1. The van der Waals surface area contributed by atoms with Crippen molar-refractivity contribution in [1.29, 1.82) is 0 Å². The van der Waals surface area contributed by atoms with Crippen LogP contribution in [0, 0.1) is 11.3 Å². The van der Waals surface area contributed by atoms with Crippen molar-refractivity contribution in [1.82, 2.24) is 15.3 Å². The molecule has 1 aromatic carbocycles. The van der Waals surface area contributed by atoms with Crippen molar-refractivity contribution in [3.8, 4) is 0 Å². The number of amides is 1. The first kappa shape index (κ1) is 22.4. The van der Waals surface area contributed by atoms with E-state index in [-0.39, 0.29) is 24.0 Å². The highest BCUT2D eigenvalue weighted by molar-refractivity contribution is 9.10. The number of carbonyl (C=O) groups excluding carboxylic acids is 1. The summed E-state index contributed by atoms with van der Waals surface area (Å²) < 4.78 is 0.972. The van der Waals surface area contributed by atoms with Crippen molar-refractivity contribution < 1.29 is 9.90 Å². The quantitative estimate of drug-likeness (QED) is 0.486. The number of nitrogens with zero attached hydrogens (tertiary/aromatic N) is 2. The molecule has 1 aliphatic rings. The monoisotopic (exact) mass is 501 g/mol. The molecule has 2 heterocycles. The number of benzene rings is 1. The number of hydrogen-bond acceptors (Lipinski definition) is 5. The maximum absolute atomic E-state index is 13.0. The van der Waals surface area contributed by atoms with Gasteiger partial charge in [-0.3, -0.25) is 4.79 Å². The highest BCUT2D eigenvalue weighted by Crippen LogP contribution is 2.38. The van der Waals surface area contributed by atoms with Crippen LogP contribution in [0.5, 0.6) is 0 Å². The van der Waals surface area contributed by atoms with E-state index in [1.54, 1.807) is 0 Å². The van der Waals surface area contributed by atoms with Crippen LogP contribution in [-0.2, 0) is 12.8 Å². The summed E-state index contributed by atoms with van der Waals surface area (Å²) in [5.41, 5.74) is 4.44. The molecule has 5 nitrogen and oxygen atoms in total. The molecule has 0 radical (unpaired) electrons. The SMILES string of the molecule is CC(C)(C)[C@H]1CCc2nc3sc(C(=O)N[C@H](CCO)c4ccc(Br)cc4)nc3cc2C1. The Labute approximate surface area is 195 Å². The molecule has 164 valence electrons. The Morgan fingerprint density at radius 1 is 1.29 bits per heavy atom. The number of thiazole rings is 1. The zero-order valence-electron chi connectivity index (χ0n) is 18.1. The van der Waals surface area contributed by atoms with Crippen molar-refractivity contribution >= 4 is 43.5 Å². The minimum absolute atomic E-state index is 0.00985. The van der Waals surface area contributed by atoms with Gasteiger partial charge in [0.1, 0.15) is 10.3 Å². The molecule has 0 fully saturated rings. The summed E-state index contributed by atoms with van der Waals surface area (Å²) >= 11 is 4.77. The molecule has 7 heteroatoms. The normalized spacial score (nSPS) is 17.4. The molecule has 31 heavy (non-hydrogen) atoms. The van der Waals surface area contributed by atoms with Gasteiger partial charge in [0, 0.05) is 16.8 Å². The number of nitrogens with one attached hydrogen (secondary N) is 1. The Bertz CT molecular complexity index is 1090. The van der Waals surface area contributed by atoms with Crippen LogP contribution >= 0.6 is 27.3 Å². The number of aliphatic hydroxyl groups is 1. The van der Waals surface area contributed by atoms with E-state index in [9.17, 15) is 9.90 Å². The Morgan fingerprint density at radius 3 is 2.71 bits per heavy atom. The van der Waals surface area contributed by atoms with Gasteiger partial charge in [-0.15, -0.1) is 0 Å². The van der Waals surface area contributed by atoms with Gasteiger partial charge < -0.3 is 10.4 Å². The van der Waals surface area contributed by atoms with Crippen LogP contribution in [0.4, 0.5) is 0 Å². The number of rotatable bonds is 5. The van der Waals surface area contributed by atoms with Gasteiger partial charge in [-0.2, -0.15) is 0 Å². The number of aliphatic hydroxyl groups excluding tert-OH is 1. The van der Waals surface area contributed by atoms with E-state index in [2.05, 4.69) is 53.1 Å². The smallest absolute Gasteiger partial charge is 0.280 e. The molecular formula is C24H28BrN3O2S. The van der Waals surface area contributed by atoms with Crippen LogP contribution in [0.3, 0.4) is 0 Å². The van der Waals surface area contributed by atoms with Gasteiger partial charge in [0.25, 0.3) is 5.91 Å². The lowest BCUT2D eigenvalue weighted by Crippen LogP contribution is -2.29. The molecule has 0 spiro atoms. The van der Waals surface area contributed by atoms with Gasteiger partial charge in [0.05, 0.1) is 6.04 Å². The Morgan fingerprint density at radius 2 is 2.03 bits per heavy atom. The molecule has 2 N–H and O–H groups in total. The Kier molecular flexibility index (Phi) is 6.47. The van der Waals surface area contributed by atoms with E-state index in [0.717, 1.165) is 45.3 Å². The lowest BCUT2D eigenvalue weighted by Gasteiger charge is -2.34. The van der Waals surface area contributed by atoms with Crippen LogP contribution in [0.25, 0.3) is 10.3 Å². The summed E-state index contributed by atoms with van der Waals surface area (Å²) in [4.78, 5) is 23.2. The summed E-state index contributed by atoms with van der Waals surface area (Å²) in [7, 11) is 0. The molecule has 0 saturated carbocycles. The average Bonchev–Trinajstić information content (AvgIpc) is 3.14. The zero-order chi connectivity index (χ0) is 22.2. The summed E-state index contributed by atoms with van der Waals surface area (Å²) in [5.74, 6) is 0.403. The molecule has 3 aromatic rings. The minimum atomic E-state index is -0.272. The predicted octanol–water partition coefficient (Wildman–Crippen LogP) is 5.46. The third-order valence-corrected chi connectivity index (χ3v) is 7.66. The lowest BCUT2D eigenvalue weighted by atomic mass is 9.71. The van der Waals surface area contributed by atoms with Crippen molar-refractivity contribution in [2.75, 3.05) is 6.61 Å². The van der Waals surface area contributed by atoms with Crippen LogP contribution in [0.1, 0.15) is 66.3 Å². The second-order valence-corrected chi connectivity index (χ2v) is 11.2. The van der Waals surface area contributed by atoms with Gasteiger partial charge in [0.15, 0.2) is 5.01 Å². The average molecular weight is 502 g/mol. The first-order valence-corrected chi connectivity index (χ1v) is 12.3. The largest absolute Gasteiger partial charge is 0.396 e. The number of fused-ring (bicyclic) bond motifs is 2. The van der Waals surface area contributed by atoms with Crippen molar-refractivity contribution in [3.63, 3.8) is 0 Å². The number of hydrogen-bond donors (Lipinski definition) is 2. The molecule has 0 aliphatic heterocycles. The van der Waals surface area contributed by atoms with Crippen LogP contribution in [0.2, 0.25) is 0 Å². The topological polar surface area (TPSA) is 75.1 Å². The number of aryl methyl sites for hydroxylation is 1. The highest BCUT2D eigenvalue weighted by Gasteiger charge is 2.30. The fraction of sp³-hybridized carbons (Fsp3) is 0.458. The van der Waals surface area contributed by atoms with Crippen molar-refractivity contribution in [2.24, 2.45) is 11.3 Å². The zero-order valence-corrected chi connectivity index (χ0v) is 20.5. The summed E-state index contributed by atoms with van der Waals surface area (Å²) in [6.07, 6.45) is 3.59. The Hall–Kier alpha value is -1.83. The van der Waals surface area contributed by atoms with Crippen LogP contribution in [0.15, 0.2) is 34.8 Å². The second-order valence-electron chi connectivity index (χ2n) is 9.33. The van der Waals surface area contributed by atoms with Gasteiger partial charge in [-0.05, 0) is 66.3 Å². The fourth-order valence-electron chi connectivity index (χ4n) is 4.22. The molecule has 2 aromatic heterocycles. The first-order chi connectivity index (χ1) is 14.7. The fourth-order valence-corrected chi connectivity index (χ4v) is 5.32. The first-order valence-electron chi connectivity index (χ1n) is 10.7. The third-order valence-electron chi connectivity index (χ3n) is 6.16. The number of pyridine rings is 1. The van der Waals surface area contributed by atoms with E-state index >= 15 is 0 Å². The van der Waals surface area contributed by atoms with Crippen molar-refractivity contribution in [2.45, 2.75) is 52.5 Å². The predicted molar refractivity (Wildman–Crippen MR) is 128 cm³/mol. The number of aromatic nitrogens is 2. The Balaban J connectivity index is 1.56. The second kappa shape index (κ2) is 8.96. The highest BCUT2D eigenvalue weighted by atomic mass is 79.9. The maximum Gasteiger partial charge on any atom is 0.280 e. The van der Waals surface area contributed by atoms with Gasteiger partial charge in [-0.1, -0.05) is 60.2 Å². The summed E-state index contributed by atoms with van der Waals surface area (Å²) in [6, 6.07) is 9.62. The van der Waals surface area contributed by atoms with E-state index in [1.165, 1.54) is 16.9 Å².